The van der Waals surface area contributed by atoms with Gasteiger partial charge in [-0.1, -0.05) is 26.0 Å². The zero-order valence-corrected chi connectivity index (χ0v) is 13.3. The average molecular weight is 298 g/mol. The lowest BCUT2D eigenvalue weighted by molar-refractivity contribution is 0.0456. The van der Waals surface area contributed by atoms with Crippen LogP contribution in [0, 0.1) is 6.92 Å². The minimum absolute atomic E-state index is 0.486. The largest absolute Gasteiger partial charge is 0.388 e. The molecule has 2 N–H and O–H groups in total. The lowest BCUT2D eigenvalue weighted by Crippen LogP contribution is -2.35. The smallest absolute Gasteiger partial charge is 0.158 e. The molecule has 5 nitrogen and oxygen atoms in total. The lowest BCUT2D eigenvalue weighted by Gasteiger charge is -2.26. The monoisotopic (exact) mass is 298 g/mol. The lowest BCUT2D eigenvalue weighted by atomic mass is 9.97. The summed E-state index contributed by atoms with van der Waals surface area (Å²) in [7, 11) is 0. The fraction of sp³-hybridized carbons (Fsp3) is 0.412. The van der Waals surface area contributed by atoms with Gasteiger partial charge in [0.05, 0.1) is 16.8 Å². The van der Waals surface area contributed by atoms with Crippen LogP contribution in [0.4, 0.5) is 5.82 Å². The minimum Gasteiger partial charge on any atom is -0.388 e. The normalized spacial score (nSPS) is 12.2. The van der Waals surface area contributed by atoms with Crippen LogP contribution in [0.25, 0.3) is 16.6 Å². The predicted molar refractivity (Wildman–Crippen MR) is 89.3 cm³/mol. The van der Waals surface area contributed by atoms with Crippen LogP contribution < -0.4 is 5.32 Å². The molecule has 2 aromatic heterocycles. The van der Waals surface area contributed by atoms with Crippen molar-refractivity contribution in [1.29, 1.82) is 0 Å². The van der Waals surface area contributed by atoms with Gasteiger partial charge in [-0.3, -0.25) is 0 Å². The summed E-state index contributed by atoms with van der Waals surface area (Å²) in [4.78, 5) is 4.67. The molecule has 0 saturated heterocycles. The van der Waals surface area contributed by atoms with Crippen LogP contribution >= 0.6 is 0 Å². The fourth-order valence-corrected chi connectivity index (χ4v) is 2.66. The summed E-state index contributed by atoms with van der Waals surface area (Å²) in [5.74, 6) is 0.795. The van der Waals surface area contributed by atoms with Crippen LogP contribution in [0.1, 0.15) is 32.4 Å². The summed E-state index contributed by atoms with van der Waals surface area (Å²) in [5.41, 5.74) is 2.06. The number of rotatable bonds is 5. The Morgan fingerprint density at radius 1 is 1.23 bits per heavy atom. The highest BCUT2D eigenvalue weighted by Crippen LogP contribution is 2.24. The number of nitrogens with one attached hydrogen (secondary N) is 1. The maximum absolute atomic E-state index is 10.5. The van der Waals surface area contributed by atoms with Crippen molar-refractivity contribution in [3.05, 3.63) is 36.0 Å². The third kappa shape index (κ3) is 2.52. The molecule has 0 fully saturated rings. The van der Waals surface area contributed by atoms with Gasteiger partial charge in [-0.05, 0) is 31.9 Å². The van der Waals surface area contributed by atoms with Crippen LogP contribution in [0.5, 0.6) is 0 Å². The first-order valence-corrected chi connectivity index (χ1v) is 7.77. The molecule has 5 heteroatoms. The van der Waals surface area contributed by atoms with E-state index in [0.717, 1.165) is 28.1 Å². The molecule has 1 aromatic carbocycles. The second-order valence-corrected chi connectivity index (χ2v) is 5.82. The maximum atomic E-state index is 10.5. The Kier molecular flexibility index (Phi) is 3.74. The Morgan fingerprint density at radius 2 is 1.95 bits per heavy atom. The van der Waals surface area contributed by atoms with Crippen LogP contribution in [0.15, 0.2) is 30.3 Å². The zero-order chi connectivity index (χ0) is 15.7. The van der Waals surface area contributed by atoms with Gasteiger partial charge in [0.1, 0.15) is 5.82 Å². The number of aryl methyl sites for hydroxylation is 1. The first kappa shape index (κ1) is 14.8. The third-order valence-electron chi connectivity index (χ3n) is 4.33. The highest BCUT2D eigenvalue weighted by atomic mass is 16.3. The number of nitrogens with zero attached hydrogens (tertiary/aromatic N) is 3. The summed E-state index contributed by atoms with van der Waals surface area (Å²) in [6, 6.07) is 10.0. The summed E-state index contributed by atoms with van der Waals surface area (Å²) in [5, 5.41) is 19.3. The first-order chi connectivity index (χ1) is 10.6. The van der Waals surface area contributed by atoms with Gasteiger partial charge >= 0.3 is 0 Å². The van der Waals surface area contributed by atoms with Crippen molar-refractivity contribution in [3.8, 4) is 0 Å². The number of aliphatic hydroxyl groups is 1. The topological polar surface area (TPSA) is 62.5 Å². The highest BCUT2D eigenvalue weighted by molar-refractivity contribution is 5.91. The van der Waals surface area contributed by atoms with Crippen molar-refractivity contribution in [2.75, 3.05) is 11.9 Å². The van der Waals surface area contributed by atoms with Crippen molar-refractivity contribution >= 4 is 22.4 Å². The second-order valence-electron chi connectivity index (χ2n) is 5.82. The van der Waals surface area contributed by atoms with Crippen LogP contribution in [-0.4, -0.2) is 31.9 Å². The minimum atomic E-state index is -0.703. The van der Waals surface area contributed by atoms with E-state index in [1.807, 2.05) is 55.6 Å². The molecule has 0 aliphatic carbocycles. The molecule has 116 valence electrons. The molecule has 3 rings (SSSR count). The predicted octanol–water partition coefficient (Wildman–Crippen LogP) is 3.15. The molecule has 0 bridgehead atoms. The molecule has 0 saturated carbocycles. The SMILES string of the molecule is CCC(O)(CC)CNc1nc2cc(C)nn2c2ccccc12. The van der Waals surface area contributed by atoms with E-state index in [4.69, 9.17) is 0 Å². The Labute approximate surface area is 130 Å². The molecule has 3 aromatic rings. The summed E-state index contributed by atoms with van der Waals surface area (Å²) in [6.07, 6.45) is 1.42. The number of hydrogen-bond donors (Lipinski definition) is 2. The van der Waals surface area contributed by atoms with Gasteiger partial charge in [0, 0.05) is 18.0 Å². The van der Waals surface area contributed by atoms with E-state index in [1.165, 1.54) is 0 Å². The molecule has 0 spiro atoms. The van der Waals surface area contributed by atoms with E-state index < -0.39 is 5.60 Å². The summed E-state index contributed by atoms with van der Waals surface area (Å²) >= 11 is 0. The highest BCUT2D eigenvalue weighted by Gasteiger charge is 2.22. The van der Waals surface area contributed by atoms with E-state index in [9.17, 15) is 5.11 Å². The summed E-state index contributed by atoms with van der Waals surface area (Å²) in [6.45, 7) is 6.45. The number of hydrogen-bond acceptors (Lipinski definition) is 4. The maximum Gasteiger partial charge on any atom is 0.158 e. The molecule has 2 heterocycles. The van der Waals surface area contributed by atoms with E-state index in [0.29, 0.717) is 19.4 Å². The third-order valence-corrected chi connectivity index (χ3v) is 4.33. The van der Waals surface area contributed by atoms with Gasteiger partial charge in [0.2, 0.25) is 0 Å². The molecule has 22 heavy (non-hydrogen) atoms. The van der Waals surface area contributed by atoms with Gasteiger partial charge in [-0.25, -0.2) is 9.50 Å². The van der Waals surface area contributed by atoms with Crippen molar-refractivity contribution in [2.45, 2.75) is 39.2 Å². The van der Waals surface area contributed by atoms with Gasteiger partial charge < -0.3 is 10.4 Å². The van der Waals surface area contributed by atoms with Gasteiger partial charge in [-0.15, -0.1) is 0 Å². The fourth-order valence-electron chi connectivity index (χ4n) is 2.66. The molecule has 0 unspecified atom stereocenters. The van der Waals surface area contributed by atoms with Crippen LogP contribution in [0.3, 0.4) is 0 Å². The Morgan fingerprint density at radius 3 is 2.68 bits per heavy atom. The van der Waals surface area contributed by atoms with Crippen LogP contribution in [0.2, 0.25) is 0 Å². The molecule has 0 atom stereocenters. The number of benzene rings is 1. The molecule has 0 radical (unpaired) electrons. The van der Waals surface area contributed by atoms with E-state index in [2.05, 4.69) is 15.4 Å². The molecule has 0 amide bonds. The number of anilines is 1. The average Bonchev–Trinajstić information content (AvgIpc) is 2.92. The van der Waals surface area contributed by atoms with Gasteiger partial charge in [0.25, 0.3) is 0 Å². The van der Waals surface area contributed by atoms with Crippen molar-refractivity contribution in [3.63, 3.8) is 0 Å². The van der Waals surface area contributed by atoms with Crippen molar-refractivity contribution < 1.29 is 5.11 Å². The summed E-state index contributed by atoms with van der Waals surface area (Å²) < 4.78 is 1.86. The van der Waals surface area contributed by atoms with E-state index in [-0.39, 0.29) is 0 Å². The van der Waals surface area contributed by atoms with Gasteiger partial charge in [-0.2, -0.15) is 5.10 Å². The Balaban J connectivity index is 2.07. The van der Waals surface area contributed by atoms with E-state index >= 15 is 0 Å². The molecular weight excluding hydrogens is 276 g/mol. The first-order valence-electron chi connectivity index (χ1n) is 7.77. The zero-order valence-electron chi connectivity index (χ0n) is 13.3. The number of fused-ring (bicyclic) bond motifs is 3. The van der Waals surface area contributed by atoms with Crippen LogP contribution in [-0.2, 0) is 0 Å². The quantitative estimate of drug-likeness (QED) is 0.759. The molecule has 0 aliphatic heterocycles. The van der Waals surface area contributed by atoms with Crippen molar-refractivity contribution in [2.24, 2.45) is 0 Å². The van der Waals surface area contributed by atoms with E-state index in [1.54, 1.807) is 0 Å². The second kappa shape index (κ2) is 5.57. The Hall–Kier alpha value is -2.14. The Bertz CT molecular complexity index is 805. The van der Waals surface area contributed by atoms with Crippen molar-refractivity contribution in [1.82, 2.24) is 14.6 Å². The molecule has 0 aliphatic rings. The van der Waals surface area contributed by atoms with Gasteiger partial charge in [0.15, 0.2) is 5.65 Å². The standard InChI is InChI=1S/C17H22N4O/c1-4-17(22,5-2)11-18-16-13-8-6-7-9-14(13)21-15(19-16)10-12(3)20-21/h6-10,22H,4-5,11H2,1-3H3,(H,18,19). The molecular formula is C17H22N4O. The number of para-hydroxylation sites is 1. The number of aromatic nitrogens is 3.